The predicted octanol–water partition coefficient (Wildman–Crippen LogP) is 2.35. The Labute approximate surface area is 86.2 Å². The molecule has 0 aliphatic rings. The summed E-state index contributed by atoms with van der Waals surface area (Å²) >= 11 is 0. The Morgan fingerprint density at radius 1 is 1.40 bits per heavy atom. The van der Waals surface area contributed by atoms with Gasteiger partial charge >= 0.3 is 5.97 Å². The van der Waals surface area contributed by atoms with Crippen LogP contribution in [0.3, 0.4) is 0 Å². The van der Waals surface area contributed by atoms with Crippen LogP contribution in [0.15, 0.2) is 35.1 Å². The average molecular weight is 203 g/mol. The van der Waals surface area contributed by atoms with Gasteiger partial charge in [-0.1, -0.05) is 18.2 Å². The van der Waals surface area contributed by atoms with Gasteiger partial charge in [-0.05, 0) is 13.0 Å². The topological polar surface area (TPSA) is 63.3 Å². The van der Waals surface area contributed by atoms with Gasteiger partial charge in [-0.25, -0.2) is 9.78 Å². The summed E-state index contributed by atoms with van der Waals surface area (Å²) < 4.78 is 5.05. The number of hydrogen-bond donors (Lipinski definition) is 1. The average Bonchev–Trinajstić information content (AvgIpc) is 2.64. The second-order valence-electron chi connectivity index (χ2n) is 3.11. The number of aromatic carboxylic acids is 1. The summed E-state index contributed by atoms with van der Waals surface area (Å²) in [5.41, 5.74) is 1.39. The summed E-state index contributed by atoms with van der Waals surface area (Å²) in [5, 5.41) is 9.00. The SMILES string of the molecule is Cc1ocnc1-c1ccccc1C(=O)O. The van der Waals surface area contributed by atoms with Crippen molar-refractivity contribution in [3.63, 3.8) is 0 Å². The van der Waals surface area contributed by atoms with E-state index in [2.05, 4.69) is 4.98 Å². The van der Waals surface area contributed by atoms with Crippen LogP contribution in [0.25, 0.3) is 11.3 Å². The Bertz CT molecular complexity index is 502. The first-order valence-electron chi connectivity index (χ1n) is 4.43. The normalized spacial score (nSPS) is 10.2. The first-order chi connectivity index (χ1) is 7.20. The number of aryl methyl sites for hydroxylation is 1. The van der Waals surface area contributed by atoms with E-state index in [0.717, 1.165) is 0 Å². The molecule has 1 aromatic heterocycles. The molecule has 0 atom stereocenters. The van der Waals surface area contributed by atoms with E-state index in [-0.39, 0.29) is 5.56 Å². The second-order valence-corrected chi connectivity index (χ2v) is 3.11. The van der Waals surface area contributed by atoms with Gasteiger partial charge in [0.1, 0.15) is 11.5 Å². The van der Waals surface area contributed by atoms with Crippen LogP contribution in [0.2, 0.25) is 0 Å². The van der Waals surface area contributed by atoms with Gasteiger partial charge in [-0.3, -0.25) is 0 Å². The zero-order valence-electron chi connectivity index (χ0n) is 8.10. The Balaban J connectivity index is 2.63. The molecule has 0 radical (unpaired) electrons. The molecule has 0 fully saturated rings. The van der Waals surface area contributed by atoms with E-state index in [1.807, 2.05) is 0 Å². The molecule has 0 aliphatic heterocycles. The Kier molecular flexibility index (Phi) is 2.25. The number of aromatic nitrogens is 1. The molecule has 0 spiro atoms. The first kappa shape index (κ1) is 9.45. The zero-order chi connectivity index (χ0) is 10.8. The molecule has 1 N–H and O–H groups in total. The highest BCUT2D eigenvalue weighted by atomic mass is 16.4. The van der Waals surface area contributed by atoms with E-state index < -0.39 is 5.97 Å². The molecule has 0 aliphatic carbocycles. The largest absolute Gasteiger partial charge is 0.478 e. The summed E-state index contributed by atoms with van der Waals surface area (Å²) in [5.74, 6) is -0.350. The van der Waals surface area contributed by atoms with Gasteiger partial charge < -0.3 is 9.52 Å². The van der Waals surface area contributed by atoms with Crippen LogP contribution < -0.4 is 0 Å². The highest BCUT2D eigenvalue weighted by molar-refractivity contribution is 5.95. The molecule has 2 aromatic rings. The summed E-state index contributed by atoms with van der Waals surface area (Å²) in [6.07, 6.45) is 1.31. The predicted molar refractivity (Wildman–Crippen MR) is 53.6 cm³/mol. The van der Waals surface area contributed by atoms with E-state index in [0.29, 0.717) is 17.0 Å². The monoisotopic (exact) mass is 203 g/mol. The van der Waals surface area contributed by atoms with Gasteiger partial charge in [-0.2, -0.15) is 0 Å². The molecular weight excluding hydrogens is 194 g/mol. The van der Waals surface area contributed by atoms with Crippen molar-refractivity contribution in [2.24, 2.45) is 0 Å². The molecular formula is C11H9NO3. The molecule has 4 heteroatoms. The highest BCUT2D eigenvalue weighted by Gasteiger charge is 2.14. The van der Waals surface area contributed by atoms with Gasteiger partial charge in [0.05, 0.1) is 5.56 Å². The molecule has 0 unspecified atom stereocenters. The van der Waals surface area contributed by atoms with Crippen molar-refractivity contribution >= 4 is 5.97 Å². The van der Waals surface area contributed by atoms with Crippen LogP contribution in [-0.4, -0.2) is 16.1 Å². The van der Waals surface area contributed by atoms with Gasteiger partial charge in [-0.15, -0.1) is 0 Å². The van der Waals surface area contributed by atoms with Crippen molar-refractivity contribution in [3.8, 4) is 11.3 Å². The summed E-state index contributed by atoms with van der Waals surface area (Å²) in [4.78, 5) is 15.0. The van der Waals surface area contributed by atoms with E-state index >= 15 is 0 Å². The molecule has 2 rings (SSSR count). The van der Waals surface area contributed by atoms with Crippen molar-refractivity contribution in [1.82, 2.24) is 4.98 Å². The number of hydrogen-bond acceptors (Lipinski definition) is 3. The maximum Gasteiger partial charge on any atom is 0.336 e. The van der Waals surface area contributed by atoms with Crippen molar-refractivity contribution < 1.29 is 14.3 Å². The van der Waals surface area contributed by atoms with E-state index in [1.165, 1.54) is 6.39 Å². The third-order valence-corrected chi connectivity index (χ3v) is 2.16. The number of oxazole rings is 1. The minimum atomic E-state index is -0.965. The molecule has 0 bridgehead atoms. The molecule has 0 saturated carbocycles. The number of nitrogens with zero attached hydrogens (tertiary/aromatic N) is 1. The van der Waals surface area contributed by atoms with Gasteiger partial charge in [0.15, 0.2) is 6.39 Å². The standard InChI is InChI=1S/C11H9NO3/c1-7-10(12-6-15-7)8-4-2-3-5-9(8)11(13)14/h2-6H,1H3,(H,13,14). The smallest absolute Gasteiger partial charge is 0.336 e. The summed E-state index contributed by atoms with van der Waals surface area (Å²) in [6.45, 7) is 1.75. The zero-order valence-corrected chi connectivity index (χ0v) is 8.10. The van der Waals surface area contributed by atoms with Crippen LogP contribution in [0.1, 0.15) is 16.1 Å². The number of rotatable bonds is 2. The molecule has 15 heavy (non-hydrogen) atoms. The van der Waals surface area contributed by atoms with Gasteiger partial charge in [0.25, 0.3) is 0 Å². The molecule has 76 valence electrons. The third-order valence-electron chi connectivity index (χ3n) is 2.16. The van der Waals surface area contributed by atoms with Gasteiger partial charge in [0, 0.05) is 5.56 Å². The second kappa shape index (κ2) is 3.57. The Hall–Kier alpha value is -2.10. The molecule has 0 amide bonds. The van der Waals surface area contributed by atoms with Crippen molar-refractivity contribution in [1.29, 1.82) is 0 Å². The number of carboxylic acids is 1. The van der Waals surface area contributed by atoms with Gasteiger partial charge in [0.2, 0.25) is 0 Å². The minimum Gasteiger partial charge on any atom is -0.478 e. The lowest BCUT2D eigenvalue weighted by molar-refractivity contribution is 0.0697. The lowest BCUT2D eigenvalue weighted by Gasteiger charge is -2.02. The van der Waals surface area contributed by atoms with Crippen LogP contribution in [-0.2, 0) is 0 Å². The third kappa shape index (κ3) is 1.61. The van der Waals surface area contributed by atoms with E-state index in [1.54, 1.807) is 31.2 Å². The quantitative estimate of drug-likeness (QED) is 0.813. The number of carbonyl (C=O) groups is 1. The Morgan fingerprint density at radius 3 is 2.73 bits per heavy atom. The number of benzene rings is 1. The minimum absolute atomic E-state index is 0.231. The van der Waals surface area contributed by atoms with Crippen LogP contribution in [0, 0.1) is 6.92 Å². The fourth-order valence-electron chi connectivity index (χ4n) is 1.44. The van der Waals surface area contributed by atoms with Crippen LogP contribution in [0.4, 0.5) is 0 Å². The highest BCUT2D eigenvalue weighted by Crippen LogP contribution is 2.24. The maximum atomic E-state index is 11.0. The van der Waals surface area contributed by atoms with Crippen LogP contribution in [0.5, 0.6) is 0 Å². The molecule has 4 nitrogen and oxygen atoms in total. The van der Waals surface area contributed by atoms with Crippen molar-refractivity contribution in [2.75, 3.05) is 0 Å². The van der Waals surface area contributed by atoms with Crippen LogP contribution >= 0.6 is 0 Å². The van der Waals surface area contributed by atoms with E-state index in [4.69, 9.17) is 9.52 Å². The molecule has 1 aromatic carbocycles. The Morgan fingerprint density at radius 2 is 2.13 bits per heavy atom. The van der Waals surface area contributed by atoms with Crippen molar-refractivity contribution in [3.05, 3.63) is 42.0 Å². The fraction of sp³-hybridized carbons (Fsp3) is 0.0909. The lowest BCUT2D eigenvalue weighted by atomic mass is 10.0. The summed E-state index contributed by atoms with van der Waals surface area (Å²) in [6, 6.07) is 6.72. The molecule has 0 saturated heterocycles. The lowest BCUT2D eigenvalue weighted by Crippen LogP contribution is -1.99. The van der Waals surface area contributed by atoms with E-state index in [9.17, 15) is 4.79 Å². The first-order valence-corrected chi connectivity index (χ1v) is 4.43. The fourth-order valence-corrected chi connectivity index (χ4v) is 1.44. The number of carboxylic acid groups (broad SMARTS) is 1. The van der Waals surface area contributed by atoms with Crippen molar-refractivity contribution in [2.45, 2.75) is 6.92 Å². The summed E-state index contributed by atoms with van der Waals surface area (Å²) in [7, 11) is 0. The molecule has 1 heterocycles. The maximum absolute atomic E-state index is 11.0.